The molecular formula is C13H19Cl2NO3S. The van der Waals surface area contributed by atoms with Crippen LogP contribution in [0.2, 0.25) is 10.0 Å². The first kappa shape index (κ1) is 17.7. The lowest BCUT2D eigenvalue weighted by Gasteiger charge is -2.25. The number of hydrogen-bond donors (Lipinski definition) is 2. The van der Waals surface area contributed by atoms with Crippen molar-refractivity contribution in [3.63, 3.8) is 0 Å². The number of sulfonamides is 1. The third kappa shape index (κ3) is 4.33. The summed E-state index contributed by atoms with van der Waals surface area (Å²) in [7, 11) is -3.77. The Morgan fingerprint density at radius 1 is 1.25 bits per heavy atom. The van der Waals surface area contributed by atoms with Crippen LogP contribution in [0.1, 0.15) is 39.2 Å². The van der Waals surface area contributed by atoms with Crippen molar-refractivity contribution in [1.29, 1.82) is 0 Å². The van der Waals surface area contributed by atoms with Crippen molar-refractivity contribution in [2.24, 2.45) is 0 Å². The van der Waals surface area contributed by atoms with E-state index in [9.17, 15) is 13.5 Å². The highest BCUT2D eigenvalue weighted by Crippen LogP contribution is 2.29. The van der Waals surface area contributed by atoms with Crippen LogP contribution in [0.25, 0.3) is 0 Å². The average Bonchev–Trinajstić information content (AvgIpc) is 2.26. The first-order valence-corrected chi connectivity index (χ1v) is 8.49. The van der Waals surface area contributed by atoms with E-state index in [2.05, 4.69) is 4.72 Å². The van der Waals surface area contributed by atoms with Gasteiger partial charge in [0, 0.05) is 10.6 Å². The topological polar surface area (TPSA) is 66.4 Å². The molecular weight excluding hydrogens is 321 g/mol. The van der Waals surface area contributed by atoms with Crippen LogP contribution in [0, 0.1) is 0 Å². The van der Waals surface area contributed by atoms with Crippen LogP contribution in [-0.2, 0) is 16.6 Å². The summed E-state index contributed by atoms with van der Waals surface area (Å²) in [6.45, 7) is 5.25. The number of rotatable bonds is 6. The third-order valence-corrected chi connectivity index (χ3v) is 5.36. The van der Waals surface area contributed by atoms with Gasteiger partial charge in [-0.25, -0.2) is 13.1 Å². The Morgan fingerprint density at radius 2 is 1.85 bits per heavy atom. The van der Waals surface area contributed by atoms with Gasteiger partial charge in [-0.3, -0.25) is 0 Å². The first-order chi connectivity index (χ1) is 9.13. The second-order valence-electron chi connectivity index (χ2n) is 5.27. The van der Waals surface area contributed by atoms with E-state index in [4.69, 9.17) is 23.2 Å². The van der Waals surface area contributed by atoms with Crippen molar-refractivity contribution in [1.82, 2.24) is 4.72 Å². The van der Waals surface area contributed by atoms with E-state index in [0.29, 0.717) is 12.0 Å². The second kappa shape index (κ2) is 6.62. The number of halogens is 2. The molecule has 0 saturated carbocycles. The zero-order valence-corrected chi connectivity index (χ0v) is 14.0. The molecule has 4 nitrogen and oxygen atoms in total. The molecule has 114 valence electrons. The normalized spacial score (nSPS) is 12.7. The first-order valence-electron chi connectivity index (χ1n) is 6.25. The minimum absolute atomic E-state index is 0.0343. The molecule has 0 radical (unpaired) electrons. The van der Waals surface area contributed by atoms with Crippen molar-refractivity contribution in [3.8, 4) is 0 Å². The lowest BCUT2D eigenvalue weighted by Crippen LogP contribution is -2.43. The molecule has 1 aromatic rings. The van der Waals surface area contributed by atoms with E-state index in [1.807, 2.05) is 20.8 Å². The molecule has 0 unspecified atom stereocenters. The summed E-state index contributed by atoms with van der Waals surface area (Å²) in [4.78, 5) is -0.0724. The van der Waals surface area contributed by atoms with E-state index in [-0.39, 0.29) is 21.5 Å². The molecule has 2 N–H and O–H groups in total. The van der Waals surface area contributed by atoms with Crippen molar-refractivity contribution >= 4 is 33.2 Å². The fourth-order valence-electron chi connectivity index (χ4n) is 1.99. The Morgan fingerprint density at radius 3 is 2.35 bits per heavy atom. The molecule has 0 heterocycles. The molecule has 0 aliphatic heterocycles. The molecule has 0 spiro atoms. The summed E-state index contributed by atoms with van der Waals surface area (Å²) in [5, 5.41) is 9.45. The second-order valence-corrected chi connectivity index (χ2v) is 7.74. The van der Waals surface area contributed by atoms with Crippen molar-refractivity contribution in [2.75, 3.05) is 0 Å². The monoisotopic (exact) mass is 339 g/mol. The van der Waals surface area contributed by atoms with Gasteiger partial charge in [-0.15, -0.1) is 0 Å². The van der Waals surface area contributed by atoms with Crippen LogP contribution in [0.5, 0.6) is 0 Å². The summed E-state index contributed by atoms with van der Waals surface area (Å²) in [6, 6.07) is 2.63. The van der Waals surface area contributed by atoms with Crippen LogP contribution < -0.4 is 4.72 Å². The van der Waals surface area contributed by atoms with Gasteiger partial charge < -0.3 is 5.11 Å². The van der Waals surface area contributed by atoms with E-state index >= 15 is 0 Å². The smallest absolute Gasteiger partial charge is 0.242 e. The highest BCUT2D eigenvalue weighted by atomic mass is 35.5. The summed E-state index contributed by atoms with van der Waals surface area (Å²) in [6.07, 6.45) is 1.55. The molecule has 7 heteroatoms. The highest BCUT2D eigenvalue weighted by Gasteiger charge is 2.27. The lowest BCUT2D eigenvalue weighted by atomic mass is 10.0. The number of aliphatic hydroxyl groups excluding tert-OH is 1. The summed E-state index contributed by atoms with van der Waals surface area (Å²) >= 11 is 11.8. The quantitative estimate of drug-likeness (QED) is 0.835. The van der Waals surface area contributed by atoms with Gasteiger partial charge in [0.25, 0.3) is 0 Å². The van der Waals surface area contributed by atoms with Gasteiger partial charge in [-0.05, 0) is 38.0 Å². The standard InChI is InChI=1S/C13H19Cl2NO3S/c1-4-5-13(2,3)16-20(18,19)12-6-9(8-17)10(14)7-11(12)15/h6-7,16-17H,4-5,8H2,1-3H3. The molecule has 0 fully saturated rings. The molecule has 1 rings (SSSR count). The van der Waals surface area contributed by atoms with Crippen LogP contribution in [-0.4, -0.2) is 19.1 Å². The maximum Gasteiger partial charge on any atom is 0.242 e. The zero-order valence-electron chi connectivity index (χ0n) is 11.7. The Hall–Kier alpha value is -0.330. The predicted octanol–water partition coefficient (Wildman–Crippen LogP) is 3.34. The van der Waals surface area contributed by atoms with Gasteiger partial charge in [0.05, 0.1) is 11.6 Å². The Kier molecular flexibility index (Phi) is 5.87. The molecule has 0 aliphatic carbocycles. The molecule has 1 aromatic carbocycles. The van der Waals surface area contributed by atoms with Crippen molar-refractivity contribution in [3.05, 3.63) is 27.7 Å². The Bertz CT molecular complexity index is 586. The van der Waals surface area contributed by atoms with Gasteiger partial charge in [0.15, 0.2) is 0 Å². The summed E-state index contributed by atoms with van der Waals surface area (Å²) in [5.41, 5.74) is -0.250. The fourth-order valence-corrected chi connectivity index (χ4v) is 4.29. The van der Waals surface area contributed by atoms with E-state index in [1.165, 1.54) is 12.1 Å². The van der Waals surface area contributed by atoms with Gasteiger partial charge in [0.2, 0.25) is 10.0 Å². The molecule has 0 amide bonds. The minimum Gasteiger partial charge on any atom is -0.392 e. The van der Waals surface area contributed by atoms with Crippen LogP contribution in [0.3, 0.4) is 0 Å². The van der Waals surface area contributed by atoms with E-state index in [1.54, 1.807) is 0 Å². The highest BCUT2D eigenvalue weighted by molar-refractivity contribution is 7.89. The maximum atomic E-state index is 12.4. The number of benzene rings is 1. The SMILES string of the molecule is CCCC(C)(C)NS(=O)(=O)c1cc(CO)c(Cl)cc1Cl. The van der Waals surface area contributed by atoms with Crippen LogP contribution in [0.4, 0.5) is 0 Å². The van der Waals surface area contributed by atoms with Crippen LogP contribution in [0.15, 0.2) is 17.0 Å². The molecule has 20 heavy (non-hydrogen) atoms. The lowest BCUT2D eigenvalue weighted by molar-refractivity contribution is 0.281. The van der Waals surface area contributed by atoms with Gasteiger partial charge in [0.1, 0.15) is 4.90 Å². The number of nitrogens with one attached hydrogen (secondary N) is 1. The van der Waals surface area contributed by atoms with Gasteiger partial charge in [-0.2, -0.15) is 0 Å². The van der Waals surface area contributed by atoms with Gasteiger partial charge >= 0.3 is 0 Å². The van der Waals surface area contributed by atoms with Crippen molar-refractivity contribution in [2.45, 2.75) is 50.7 Å². The summed E-state index contributed by atoms with van der Waals surface area (Å²) in [5.74, 6) is 0. The average molecular weight is 340 g/mol. The van der Waals surface area contributed by atoms with Crippen molar-refractivity contribution < 1.29 is 13.5 Å². The minimum atomic E-state index is -3.77. The fraction of sp³-hybridized carbons (Fsp3) is 0.538. The number of hydrogen-bond acceptors (Lipinski definition) is 3. The molecule has 0 aromatic heterocycles. The molecule has 0 aliphatic rings. The molecule has 0 bridgehead atoms. The van der Waals surface area contributed by atoms with E-state index < -0.39 is 15.6 Å². The largest absolute Gasteiger partial charge is 0.392 e. The predicted molar refractivity (Wildman–Crippen MR) is 81.7 cm³/mol. The third-order valence-electron chi connectivity index (χ3n) is 2.85. The maximum absolute atomic E-state index is 12.4. The van der Waals surface area contributed by atoms with E-state index in [0.717, 1.165) is 6.42 Å². The Labute approximate surface area is 130 Å². The molecule has 0 atom stereocenters. The van der Waals surface area contributed by atoms with Gasteiger partial charge in [-0.1, -0.05) is 36.5 Å². The number of aliphatic hydroxyl groups is 1. The zero-order chi connectivity index (χ0) is 15.6. The van der Waals surface area contributed by atoms with Crippen LogP contribution >= 0.6 is 23.2 Å². The molecule has 0 saturated heterocycles. The summed E-state index contributed by atoms with van der Waals surface area (Å²) < 4.78 is 27.4. The Balaban J connectivity index is 3.22.